The van der Waals surface area contributed by atoms with Crippen molar-refractivity contribution >= 4 is 27.5 Å². The van der Waals surface area contributed by atoms with Crippen LogP contribution in [0.4, 0.5) is 13.2 Å². The normalized spacial score (nSPS) is 12.5. The fourth-order valence-corrected chi connectivity index (χ4v) is 2.38. The molecule has 2 aromatic rings. The SMILES string of the molecule is Cc1ccc(C(Cl)c2cc(F)c(F)cc2F)cc1Br. The van der Waals surface area contributed by atoms with Crippen molar-refractivity contribution in [3.05, 3.63) is 68.9 Å². The summed E-state index contributed by atoms with van der Waals surface area (Å²) in [5.74, 6) is -3.21. The summed E-state index contributed by atoms with van der Waals surface area (Å²) < 4.78 is 40.5. The maximum Gasteiger partial charge on any atom is 0.161 e. The van der Waals surface area contributed by atoms with Crippen LogP contribution in [0, 0.1) is 24.4 Å². The third kappa shape index (κ3) is 2.95. The van der Waals surface area contributed by atoms with Crippen molar-refractivity contribution in [1.29, 1.82) is 0 Å². The van der Waals surface area contributed by atoms with Crippen LogP contribution in [0.2, 0.25) is 0 Å². The van der Waals surface area contributed by atoms with E-state index in [0.29, 0.717) is 11.6 Å². The van der Waals surface area contributed by atoms with Gasteiger partial charge in [-0.05, 0) is 30.2 Å². The molecule has 0 N–H and O–H groups in total. The van der Waals surface area contributed by atoms with E-state index in [2.05, 4.69) is 15.9 Å². The number of benzene rings is 2. The average Bonchev–Trinajstić information content (AvgIpc) is 2.36. The first kappa shape index (κ1) is 14.4. The minimum atomic E-state index is -1.23. The lowest BCUT2D eigenvalue weighted by molar-refractivity contribution is 0.490. The van der Waals surface area contributed by atoms with Crippen LogP contribution in [0.1, 0.15) is 22.1 Å². The van der Waals surface area contributed by atoms with Gasteiger partial charge >= 0.3 is 0 Å². The molecule has 19 heavy (non-hydrogen) atoms. The van der Waals surface area contributed by atoms with Crippen molar-refractivity contribution in [3.8, 4) is 0 Å². The predicted octanol–water partition coefficient (Wildman–Crippen LogP) is 5.50. The molecule has 0 amide bonds. The molecule has 5 heteroatoms. The molecule has 0 saturated carbocycles. The average molecular weight is 350 g/mol. The molecule has 0 heterocycles. The zero-order valence-corrected chi connectivity index (χ0v) is 12.2. The lowest BCUT2D eigenvalue weighted by Gasteiger charge is -2.13. The predicted molar refractivity (Wildman–Crippen MR) is 72.9 cm³/mol. The fraction of sp³-hybridized carbons (Fsp3) is 0.143. The number of aryl methyl sites for hydroxylation is 1. The van der Waals surface area contributed by atoms with Gasteiger partial charge in [-0.15, -0.1) is 11.6 Å². The second kappa shape index (κ2) is 5.55. The van der Waals surface area contributed by atoms with Crippen LogP contribution in [0.25, 0.3) is 0 Å². The Labute approximate surface area is 122 Å². The Morgan fingerprint density at radius 2 is 1.63 bits per heavy atom. The topological polar surface area (TPSA) is 0 Å². The maximum absolute atomic E-state index is 13.6. The molecule has 1 unspecified atom stereocenters. The van der Waals surface area contributed by atoms with Crippen LogP contribution < -0.4 is 0 Å². The summed E-state index contributed by atoms with van der Waals surface area (Å²) in [6.07, 6.45) is 0. The van der Waals surface area contributed by atoms with Gasteiger partial charge in [-0.25, -0.2) is 13.2 Å². The number of hydrogen-bond donors (Lipinski definition) is 0. The molecule has 1 atom stereocenters. The molecule has 100 valence electrons. The monoisotopic (exact) mass is 348 g/mol. The van der Waals surface area contributed by atoms with Gasteiger partial charge in [-0.2, -0.15) is 0 Å². The smallest absolute Gasteiger partial charge is 0.161 e. The molecule has 0 aromatic heterocycles. The van der Waals surface area contributed by atoms with E-state index in [4.69, 9.17) is 11.6 Å². The molecule has 0 aliphatic rings. The van der Waals surface area contributed by atoms with Gasteiger partial charge in [0, 0.05) is 16.1 Å². The van der Waals surface area contributed by atoms with Crippen molar-refractivity contribution in [2.75, 3.05) is 0 Å². The fourth-order valence-electron chi connectivity index (χ4n) is 1.68. The molecule has 0 aliphatic carbocycles. The van der Waals surface area contributed by atoms with Gasteiger partial charge in [0.1, 0.15) is 5.82 Å². The highest BCUT2D eigenvalue weighted by atomic mass is 79.9. The van der Waals surface area contributed by atoms with Gasteiger partial charge in [-0.3, -0.25) is 0 Å². The summed E-state index contributed by atoms with van der Waals surface area (Å²) in [5.41, 5.74) is 1.51. The molecule has 0 bridgehead atoms. The second-order valence-electron chi connectivity index (χ2n) is 4.16. The zero-order valence-electron chi connectivity index (χ0n) is 9.85. The van der Waals surface area contributed by atoms with Crippen molar-refractivity contribution in [1.82, 2.24) is 0 Å². The lowest BCUT2D eigenvalue weighted by Crippen LogP contribution is -2.00. The summed E-state index contributed by atoms with van der Waals surface area (Å²) in [4.78, 5) is 0. The van der Waals surface area contributed by atoms with Crippen molar-refractivity contribution < 1.29 is 13.2 Å². The zero-order chi connectivity index (χ0) is 14.2. The first-order valence-corrected chi connectivity index (χ1v) is 6.67. The maximum atomic E-state index is 13.6. The summed E-state index contributed by atoms with van der Waals surface area (Å²) in [7, 11) is 0. The third-order valence-electron chi connectivity index (χ3n) is 2.80. The minimum absolute atomic E-state index is 0.0867. The first-order chi connectivity index (χ1) is 8.90. The van der Waals surface area contributed by atoms with Gasteiger partial charge in [0.2, 0.25) is 0 Å². The summed E-state index contributed by atoms with van der Waals surface area (Å²) in [5, 5.41) is -0.882. The Bertz CT molecular complexity index is 628. The quantitative estimate of drug-likeness (QED) is 0.496. The van der Waals surface area contributed by atoms with E-state index < -0.39 is 22.8 Å². The Morgan fingerprint density at radius 3 is 2.26 bits per heavy atom. The van der Waals surface area contributed by atoms with E-state index in [0.717, 1.165) is 16.1 Å². The van der Waals surface area contributed by atoms with Crippen LogP contribution in [0.5, 0.6) is 0 Å². The van der Waals surface area contributed by atoms with E-state index in [9.17, 15) is 13.2 Å². The van der Waals surface area contributed by atoms with Crippen LogP contribution in [0.3, 0.4) is 0 Å². The van der Waals surface area contributed by atoms with Crippen LogP contribution in [0.15, 0.2) is 34.8 Å². The second-order valence-corrected chi connectivity index (χ2v) is 5.45. The van der Waals surface area contributed by atoms with Gasteiger partial charge in [-0.1, -0.05) is 28.1 Å². The van der Waals surface area contributed by atoms with Crippen molar-refractivity contribution in [3.63, 3.8) is 0 Å². The van der Waals surface area contributed by atoms with E-state index >= 15 is 0 Å². The molecule has 0 aliphatic heterocycles. The van der Waals surface area contributed by atoms with E-state index in [-0.39, 0.29) is 5.56 Å². The van der Waals surface area contributed by atoms with E-state index in [1.54, 1.807) is 12.1 Å². The highest BCUT2D eigenvalue weighted by Crippen LogP contribution is 2.33. The first-order valence-electron chi connectivity index (χ1n) is 5.44. The third-order valence-corrected chi connectivity index (χ3v) is 4.14. The van der Waals surface area contributed by atoms with Gasteiger partial charge in [0.25, 0.3) is 0 Å². The number of hydrogen-bond acceptors (Lipinski definition) is 0. The highest BCUT2D eigenvalue weighted by molar-refractivity contribution is 9.10. The highest BCUT2D eigenvalue weighted by Gasteiger charge is 2.19. The Hall–Kier alpha value is -1.00. The molecule has 0 nitrogen and oxygen atoms in total. The Balaban J connectivity index is 2.46. The van der Waals surface area contributed by atoms with E-state index in [1.165, 1.54) is 0 Å². The van der Waals surface area contributed by atoms with Crippen LogP contribution in [-0.2, 0) is 0 Å². The molecule has 0 fully saturated rings. The molecule has 2 rings (SSSR count). The Morgan fingerprint density at radius 1 is 1.00 bits per heavy atom. The van der Waals surface area contributed by atoms with Gasteiger partial charge in [0.15, 0.2) is 11.6 Å². The Kier molecular flexibility index (Phi) is 4.21. The summed E-state index contributed by atoms with van der Waals surface area (Å²) in [6, 6.07) is 6.55. The molecule has 2 aromatic carbocycles. The minimum Gasteiger partial charge on any atom is -0.207 e. The molecule has 0 radical (unpaired) electrons. The molecular formula is C14H9BrClF3. The van der Waals surface area contributed by atoms with Gasteiger partial charge < -0.3 is 0 Å². The molecule has 0 saturated heterocycles. The van der Waals surface area contributed by atoms with Crippen molar-refractivity contribution in [2.45, 2.75) is 12.3 Å². The molecule has 0 spiro atoms. The van der Waals surface area contributed by atoms with Gasteiger partial charge in [0.05, 0.1) is 5.38 Å². The summed E-state index contributed by atoms with van der Waals surface area (Å²) in [6.45, 7) is 1.90. The van der Waals surface area contributed by atoms with E-state index in [1.807, 2.05) is 13.0 Å². The number of halogens is 5. The molecular weight excluding hydrogens is 341 g/mol. The van der Waals surface area contributed by atoms with Crippen LogP contribution in [-0.4, -0.2) is 0 Å². The number of rotatable bonds is 2. The lowest BCUT2D eigenvalue weighted by atomic mass is 10.0. The van der Waals surface area contributed by atoms with Crippen molar-refractivity contribution in [2.24, 2.45) is 0 Å². The summed E-state index contributed by atoms with van der Waals surface area (Å²) >= 11 is 9.48. The standard InChI is InChI=1S/C14H9BrClF3/c1-7-2-3-8(4-10(7)15)14(16)9-5-12(18)13(19)6-11(9)17/h2-6,14H,1H3. The van der Waals surface area contributed by atoms with Crippen LogP contribution >= 0.6 is 27.5 Å². The number of alkyl halides is 1. The largest absolute Gasteiger partial charge is 0.207 e.